The summed E-state index contributed by atoms with van der Waals surface area (Å²) in [5.41, 5.74) is 0.489. The van der Waals surface area contributed by atoms with Gasteiger partial charge in [-0.25, -0.2) is 0 Å². The van der Waals surface area contributed by atoms with Crippen LogP contribution in [-0.4, -0.2) is 21.9 Å². The smallest absolute Gasteiger partial charge is 0.0782 e. The van der Waals surface area contributed by atoms with E-state index in [4.69, 9.17) is 0 Å². The van der Waals surface area contributed by atoms with Crippen molar-refractivity contribution < 1.29 is 10.2 Å². The average Bonchev–Trinajstić information content (AvgIpc) is 2.23. The van der Waals surface area contributed by atoms with Gasteiger partial charge in [-0.15, -0.1) is 0 Å². The maximum atomic E-state index is 10.5. The number of fused-ring (bicyclic) bond motifs is 1. The van der Waals surface area contributed by atoms with E-state index in [9.17, 15) is 10.2 Å². The number of aliphatic hydroxyl groups is 2. The van der Waals surface area contributed by atoms with Gasteiger partial charge in [0.05, 0.1) is 11.7 Å². The summed E-state index contributed by atoms with van der Waals surface area (Å²) in [7, 11) is 0. The summed E-state index contributed by atoms with van der Waals surface area (Å²) in [6.07, 6.45) is 4.59. The molecule has 0 spiro atoms. The third-order valence-corrected chi connectivity index (χ3v) is 5.12. The predicted octanol–water partition coefficient (Wildman–Crippen LogP) is 2.75. The molecule has 0 amide bonds. The minimum absolute atomic E-state index is 0.224. The Hall–Kier alpha value is -0.340. The molecule has 2 N–H and O–H groups in total. The van der Waals surface area contributed by atoms with E-state index in [0.717, 1.165) is 24.8 Å². The van der Waals surface area contributed by atoms with Crippen LogP contribution in [0.25, 0.3) is 0 Å². The molecule has 2 nitrogen and oxygen atoms in total. The summed E-state index contributed by atoms with van der Waals surface area (Å²) in [5.74, 6) is 1.59. The Kier molecular flexibility index (Phi) is 3.39. The van der Waals surface area contributed by atoms with Gasteiger partial charge >= 0.3 is 0 Å². The van der Waals surface area contributed by atoms with Crippen molar-refractivity contribution in [3.05, 3.63) is 11.6 Å². The van der Waals surface area contributed by atoms with Crippen molar-refractivity contribution in [2.75, 3.05) is 0 Å². The molecule has 5 atom stereocenters. The first-order valence-electron chi connectivity index (χ1n) is 6.91. The van der Waals surface area contributed by atoms with Crippen molar-refractivity contribution in [2.45, 2.75) is 58.7 Å². The second kappa shape index (κ2) is 4.40. The molecule has 0 aromatic rings. The van der Waals surface area contributed by atoms with Crippen LogP contribution in [0.2, 0.25) is 0 Å². The van der Waals surface area contributed by atoms with Crippen molar-refractivity contribution in [3.63, 3.8) is 0 Å². The first-order chi connectivity index (χ1) is 7.84. The Morgan fingerprint density at radius 1 is 1.41 bits per heavy atom. The average molecular weight is 238 g/mol. The SMILES string of the molecule is CC1=CCC2C(C1O)C(C(C)C)CCC2(C)O. The lowest BCUT2D eigenvalue weighted by Crippen LogP contribution is -2.53. The van der Waals surface area contributed by atoms with Crippen LogP contribution in [0.3, 0.4) is 0 Å². The Labute approximate surface area is 105 Å². The molecule has 98 valence electrons. The Bertz CT molecular complexity index is 317. The van der Waals surface area contributed by atoms with E-state index in [0.29, 0.717) is 11.8 Å². The Morgan fingerprint density at radius 3 is 2.65 bits per heavy atom. The zero-order valence-corrected chi connectivity index (χ0v) is 11.5. The highest BCUT2D eigenvalue weighted by molar-refractivity contribution is 5.17. The van der Waals surface area contributed by atoms with E-state index < -0.39 is 5.60 Å². The van der Waals surface area contributed by atoms with Gasteiger partial charge in [0.25, 0.3) is 0 Å². The van der Waals surface area contributed by atoms with E-state index >= 15 is 0 Å². The standard InChI is InChI=1S/C15H26O2/c1-9(2)11-7-8-15(4,17)12-6-5-10(3)14(16)13(11)12/h5,9,11-14,16-17H,6-8H2,1-4H3. The quantitative estimate of drug-likeness (QED) is 0.690. The third kappa shape index (κ3) is 2.17. The fourth-order valence-electron chi connectivity index (χ4n) is 3.93. The highest BCUT2D eigenvalue weighted by atomic mass is 16.3. The van der Waals surface area contributed by atoms with Gasteiger partial charge in [-0.1, -0.05) is 19.9 Å². The molecule has 0 saturated heterocycles. The molecule has 1 fully saturated rings. The second-order valence-electron chi connectivity index (χ2n) is 6.62. The first kappa shape index (κ1) is 13.1. The zero-order chi connectivity index (χ0) is 12.8. The highest BCUT2D eigenvalue weighted by Crippen LogP contribution is 2.50. The second-order valence-corrected chi connectivity index (χ2v) is 6.62. The van der Waals surface area contributed by atoms with Gasteiger partial charge in [0.1, 0.15) is 0 Å². The molecule has 2 aliphatic carbocycles. The van der Waals surface area contributed by atoms with Crippen LogP contribution < -0.4 is 0 Å². The molecular weight excluding hydrogens is 212 g/mol. The van der Waals surface area contributed by atoms with Gasteiger partial charge in [-0.3, -0.25) is 0 Å². The topological polar surface area (TPSA) is 40.5 Å². The first-order valence-corrected chi connectivity index (χ1v) is 6.91. The molecule has 5 unspecified atom stereocenters. The summed E-state index contributed by atoms with van der Waals surface area (Å²) in [6, 6.07) is 0. The summed E-state index contributed by atoms with van der Waals surface area (Å²) in [4.78, 5) is 0. The van der Waals surface area contributed by atoms with E-state index in [1.165, 1.54) is 0 Å². The van der Waals surface area contributed by atoms with Gasteiger partial charge in [-0.2, -0.15) is 0 Å². The normalized spacial score (nSPS) is 46.6. The van der Waals surface area contributed by atoms with Crippen molar-refractivity contribution in [2.24, 2.45) is 23.7 Å². The number of aliphatic hydroxyl groups excluding tert-OH is 1. The third-order valence-electron chi connectivity index (χ3n) is 5.12. The van der Waals surface area contributed by atoms with Crippen LogP contribution in [0.1, 0.15) is 47.0 Å². The van der Waals surface area contributed by atoms with E-state index in [1.807, 2.05) is 13.8 Å². The molecule has 0 heterocycles. The lowest BCUT2D eigenvalue weighted by Gasteiger charge is -2.51. The molecule has 0 aromatic carbocycles. The van der Waals surface area contributed by atoms with Crippen LogP contribution in [-0.2, 0) is 0 Å². The summed E-state index contributed by atoms with van der Waals surface area (Å²) >= 11 is 0. The van der Waals surface area contributed by atoms with Crippen LogP contribution in [0, 0.1) is 23.7 Å². The number of rotatable bonds is 1. The number of hydrogen-bond acceptors (Lipinski definition) is 2. The molecule has 17 heavy (non-hydrogen) atoms. The van der Waals surface area contributed by atoms with Gasteiger partial charge in [-0.05, 0) is 62.4 Å². The molecule has 0 aromatic heterocycles. The molecule has 2 heteroatoms. The molecule has 0 aliphatic heterocycles. The highest BCUT2D eigenvalue weighted by Gasteiger charge is 2.50. The Morgan fingerprint density at radius 2 is 2.06 bits per heavy atom. The van der Waals surface area contributed by atoms with Crippen LogP contribution in [0.15, 0.2) is 11.6 Å². The van der Waals surface area contributed by atoms with E-state index in [2.05, 4.69) is 19.9 Å². The van der Waals surface area contributed by atoms with Crippen molar-refractivity contribution in [3.8, 4) is 0 Å². The summed E-state index contributed by atoms with van der Waals surface area (Å²) in [6.45, 7) is 8.44. The van der Waals surface area contributed by atoms with Gasteiger partial charge in [0, 0.05) is 0 Å². The van der Waals surface area contributed by atoms with E-state index in [-0.39, 0.29) is 17.9 Å². The number of allylic oxidation sites excluding steroid dienone is 1. The molecule has 1 saturated carbocycles. The molecule has 0 bridgehead atoms. The summed E-state index contributed by atoms with van der Waals surface area (Å²) in [5, 5.41) is 21.0. The zero-order valence-electron chi connectivity index (χ0n) is 11.5. The van der Waals surface area contributed by atoms with Crippen LogP contribution >= 0.6 is 0 Å². The lowest BCUT2D eigenvalue weighted by atomic mass is 9.57. The maximum Gasteiger partial charge on any atom is 0.0782 e. The van der Waals surface area contributed by atoms with Gasteiger partial charge in [0.2, 0.25) is 0 Å². The molecule has 2 aliphatic rings. The molecule has 0 radical (unpaired) electrons. The van der Waals surface area contributed by atoms with Gasteiger partial charge < -0.3 is 10.2 Å². The monoisotopic (exact) mass is 238 g/mol. The summed E-state index contributed by atoms with van der Waals surface area (Å²) < 4.78 is 0. The molecular formula is C15H26O2. The fourth-order valence-corrected chi connectivity index (χ4v) is 3.93. The van der Waals surface area contributed by atoms with E-state index in [1.54, 1.807) is 0 Å². The fraction of sp³-hybridized carbons (Fsp3) is 0.867. The van der Waals surface area contributed by atoms with Crippen molar-refractivity contribution >= 4 is 0 Å². The predicted molar refractivity (Wildman–Crippen MR) is 69.5 cm³/mol. The van der Waals surface area contributed by atoms with Crippen molar-refractivity contribution in [1.29, 1.82) is 0 Å². The van der Waals surface area contributed by atoms with Gasteiger partial charge in [0.15, 0.2) is 0 Å². The lowest BCUT2D eigenvalue weighted by molar-refractivity contribution is -0.118. The maximum absolute atomic E-state index is 10.5. The minimum atomic E-state index is -0.603. The minimum Gasteiger partial charge on any atom is -0.390 e. The Balaban J connectivity index is 2.33. The van der Waals surface area contributed by atoms with Crippen LogP contribution in [0.5, 0.6) is 0 Å². The molecule has 2 rings (SSSR count). The largest absolute Gasteiger partial charge is 0.390 e. The van der Waals surface area contributed by atoms with Crippen molar-refractivity contribution in [1.82, 2.24) is 0 Å². The van der Waals surface area contributed by atoms with Crippen LogP contribution in [0.4, 0.5) is 0 Å². The number of hydrogen-bond donors (Lipinski definition) is 2.